The van der Waals surface area contributed by atoms with E-state index in [1.807, 2.05) is 12.1 Å². The predicted molar refractivity (Wildman–Crippen MR) is 73.2 cm³/mol. The Labute approximate surface area is 111 Å². The Hall–Kier alpha value is -2.21. The van der Waals surface area contributed by atoms with Crippen molar-refractivity contribution in [2.75, 3.05) is 17.3 Å². The van der Waals surface area contributed by atoms with E-state index in [-0.39, 0.29) is 11.8 Å². The Morgan fingerprint density at radius 3 is 2.84 bits per heavy atom. The van der Waals surface area contributed by atoms with Gasteiger partial charge in [-0.3, -0.25) is 5.43 Å². The Bertz CT molecular complexity index is 558. The molecule has 0 aliphatic rings. The molecule has 0 amide bonds. The zero-order valence-electron chi connectivity index (χ0n) is 10.7. The molecular formula is C13H16FN5. The molecule has 0 aliphatic heterocycles. The number of aryl methyl sites for hydroxylation is 1. The number of hydrogen-bond acceptors (Lipinski definition) is 5. The lowest BCUT2D eigenvalue weighted by atomic mass is 10.1. The summed E-state index contributed by atoms with van der Waals surface area (Å²) in [4.78, 5) is 7.59. The van der Waals surface area contributed by atoms with Crippen molar-refractivity contribution < 1.29 is 4.39 Å². The Balaban J connectivity index is 1.98. The van der Waals surface area contributed by atoms with Crippen molar-refractivity contribution in [2.45, 2.75) is 13.3 Å². The first-order valence-corrected chi connectivity index (χ1v) is 5.98. The van der Waals surface area contributed by atoms with Gasteiger partial charge in [-0.05, 0) is 24.5 Å². The van der Waals surface area contributed by atoms with Gasteiger partial charge in [-0.1, -0.05) is 24.3 Å². The summed E-state index contributed by atoms with van der Waals surface area (Å²) in [5.74, 6) is 5.02. The van der Waals surface area contributed by atoms with Gasteiger partial charge in [0.15, 0.2) is 11.6 Å². The number of hydrazine groups is 1. The number of benzene rings is 1. The van der Waals surface area contributed by atoms with E-state index in [0.29, 0.717) is 6.54 Å². The first-order chi connectivity index (χ1) is 9.20. The first kappa shape index (κ1) is 13.2. The second-order valence-corrected chi connectivity index (χ2v) is 4.14. The van der Waals surface area contributed by atoms with Gasteiger partial charge in [0.1, 0.15) is 0 Å². The van der Waals surface area contributed by atoms with Gasteiger partial charge < -0.3 is 5.32 Å². The summed E-state index contributed by atoms with van der Waals surface area (Å²) in [5.41, 5.74) is 4.73. The second kappa shape index (κ2) is 6.10. The molecule has 1 heterocycles. The van der Waals surface area contributed by atoms with Gasteiger partial charge >= 0.3 is 0 Å². The van der Waals surface area contributed by atoms with Crippen LogP contribution in [0.25, 0.3) is 0 Å². The van der Waals surface area contributed by atoms with Crippen LogP contribution >= 0.6 is 0 Å². The number of rotatable bonds is 5. The molecule has 0 spiro atoms. The summed E-state index contributed by atoms with van der Waals surface area (Å²) in [6.07, 6.45) is 1.87. The number of nitrogen functional groups attached to an aromatic ring is 1. The maximum atomic E-state index is 13.5. The molecule has 2 aromatic rings. The molecule has 1 aromatic heterocycles. The van der Waals surface area contributed by atoms with Gasteiger partial charge in [0.25, 0.3) is 0 Å². The molecule has 0 aliphatic carbocycles. The number of hydrogen-bond donors (Lipinski definition) is 3. The first-order valence-electron chi connectivity index (χ1n) is 5.98. The van der Waals surface area contributed by atoms with Crippen molar-refractivity contribution in [3.63, 3.8) is 0 Å². The van der Waals surface area contributed by atoms with Crippen molar-refractivity contribution in [1.29, 1.82) is 0 Å². The average Bonchev–Trinajstić information content (AvgIpc) is 2.43. The van der Waals surface area contributed by atoms with Crippen LogP contribution in [0.2, 0.25) is 0 Å². The van der Waals surface area contributed by atoms with E-state index in [1.165, 1.54) is 11.1 Å². The number of anilines is 2. The Morgan fingerprint density at radius 2 is 2.11 bits per heavy atom. The van der Waals surface area contributed by atoms with E-state index in [2.05, 4.69) is 39.8 Å². The summed E-state index contributed by atoms with van der Waals surface area (Å²) in [7, 11) is 0. The Morgan fingerprint density at radius 1 is 1.32 bits per heavy atom. The lowest BCUT2D eigenvalue weighted by Gasteiger charge is -2.09. The maximum absolute atomic E-state index is 13.5. The van der Waals surface area contributed by atoms with E-state index < -0.39 is 5.82 Å². The van der Waals surface area contributed by atoms with Gasteiger partial charge in [0, 0.05) is 6.54 Å². The van der Waals surface area contributed by atoms with Gasteiger partial charge in [0.2, 0.25) is 5.95 Å². The van der Waals surface area contributed by atoms with Crippen LogP contribution < -0.4 is 16.6 Å². The fourth-order valence-corrected chi connectivity index (χ4v) is 1.77. The third-order valence-electron chi connectivity index (χ3n) is 2.82. The van der Waals surface area contributed by atoms with E-state index >= 15 is 0 Å². The van der Waals surface area contributed by atoms with Crippen LogP contribution in [0.1, 0.15) is 11.1 Å². The highest BCUT2D eigenvalue weighted by Crippen LogP contribution is 2.12. The van der Waals surface area contributed by atoms with E-state index in [4.69, 9.17) is 5.84 Å². The van der Waals surface area contributed by atoms with Crippen LogP contribution in [-0.2, 0) is 6.42 Å². The van der Waals surface area contributed by atoms with Crippen molar-refractivity contribution in [2.24, 2.45) is 5.84 Å². The van der Waals surface area contributed by atoms with Crippen molar-refractivity contribution in [3.8, 4) is 0 Å². The topological polar surface area (TPSA) is 75.9 Å². The van der Waals surface area contributed by atoms with E-state index in [0.717, 1.165) is 12.6 Å². The van der Waals surface area contributed by atoms with Gasteiger partial charge in [0.05, 0.1) is 6.20 Å². The number of aromatic nitrogens is 2. The minimum absolute atomic E-state index is 0.150. The summed E-state index contributed by atoms with van der Waals surface area (Å²) < 4.78 is 13.5. The molecule has 19 heavy (non-hydrogen) atoms. The SMILES string of the molecule is Cc1ccccc1CCNc1nc(NN)ncc1F. The third-order valence-corrected chi connectivity index (χ3v) is 2.82. The largest absolute Gasteiger partial charge is 0.367 e. The van der Waals surface area contributed by atoms with Crippen molar-refractivity contribution >= 4 is 11.8 Å². The van der Waals surface area contributed by atoms with Gasteiger partial charge in [-0.15, -0.1) is 0 Å². The molecule has 5 nitrogen and oxygen atoms in total. The predicted octanol–water partition coefficient (Wildman–Crippen LogP) is 1.86. The molecule has 0 radical (unpaired) electrons. The highest BCUT2D eigenvalue weighted by Gasteiger charge is 2.06. The number of halogens is 1. The lowest BCUT2D eigenvalue weighted by Crippen LogP contribution is -2.14. The molecule has 4 N–H and O–H groups in total. The minimum Gasteiger partial charge on any atom is -0.367 e. The molecule has 2 rings (SSSR count). The Kier molecular flexibility index (Phi) is 4.25. The average molecular weight is 261 g/mol. The number of nitrogens with two attached hydrogens (primary N) is 1. The smallest absolute Gasteiger partial charge is 0.239 e. The summed E-state index contributed by atoms with van der Waals surface area (Å²) in [5, 5.41) is 2.94. The molecule has 0 bridgehead atoms. The quantitative estimate of drug-likeness (QED) is 0.566. The minimum atomic E-state index is -0.496. The molecular weight excluding hydrogens is 245 g/mol. The molecule has 6 heteroatoms. The van der Waals surface area contributed by atoms with Crippen molar-refractivity contribution in [1.82, 2.24) is 9.97 Å². The molecule has 0 saturated heterocycles. The fraction of sp³-hybridized carbons (Fsp3) is 0.231. The number of nitrogens with one attached hydrogen (secondary N) is 2. The van der Waals surface area contributed by atoms with Crippen LogP contribution in [0.4, 0.5) is 16.2 Å². The van der Waals surface area contributed by atoms with Crippen LogP contribution in [0.5, 0.6) is 0 Å². The molecule has 0 unspecified atom stereocenters. The monoisotopic (exact) mass is 261 g/mol. The standard InChI is InChI=1S/C13H16FN5/c1-9-4-2-3-5-10(9)6-7-16-12-11(14)8-17-13(18-12)19-15/h2-5,8H,6-7,15H2,1H3,(H2,16,17,18,19). The molecule has 1 aromatic carbocycles. The van der Waals surface area contributed by atoms with Crippen LogP contribution in [0.3, 0.4) is 0 Å². The molecule has 0 fully saturated rings. The zero-order chi connectivity index (χ0) is 13.7. The summed E-state index contributed by atoms with van der Waals surface area (Å²) in [6, 6.07) is 8.09. The normalized spacial score (nSPS) is 10.3. The van der Waals surface area contributed by atoms with Crippen LogP contribution in [-0.4, -0.2) is 16.5 Å². The fourth-order valence-electron chi connectivity index (χ4n) is 1.77. The molecule has 0 saturated carbocycles. The second-order valence-electron chi connectivity index (χ2n) is 4.14. The highest BCUT2D eigenvalue weighted by molar-refractivity contribution is 5.40. The van der Waals surface area contributed by atoms with E-state index in [1.54, 1.807) is 0 Å². The van der Waals surface area contributed by atoms with Gasteiger partial charge in [-0.2, -0.15) is 4.98 Å². The van der Waals surface area contributed by atoms with E-state index in [9.17, 15) is 4.39 Å². The summed E-state index contributed by atoms with van der Waals surface area (Å²) >= 11 is 0. The lowest BCUT2D eigenvalue weighted by molar-refractivity contribution is 0.617. The molecule has 0 atom stereocenters. The van der Waals surface area contributed by atoms with Crippen LogP contribution in [0.15, 0.2) is 30.5 Å². The maximum Gasteiger partial charge on any atom is 0.239 e. The van der Waals surface area contributed by atoms with Crippen LogP contribution in [0, 0.1) is 12.7 Å². The third kappa shape index (κ3) is 3.38. The van der Waals surface area contributed by atoms with Crippen molar-refractivity contribution in [3.05, 3.63) is 47.4 Å². The highest BCUT2D eigenvalue weighted by atomic mass is 19.1. The number of nitrogens with zero attached hydrogens (tertiary/aromatic N) is 2. The van der Waals surface area contributed by atoms with Gasteiger partial charge in [-0.25, -0.2) is 15.2 Å². The molecule has 100 valence electrons. The summed E-state index contributed by atoms with van der Waals surface area (Å²) in [6.45, 7) is 2.64. The zero-order valence-corrected chi connectivity index (χ0v) is 10.7.